The molecule has 8 heavy (non-hydrogen) atoms. The number of rotatable bonds is 1. The fraction of sp³-hybridized carbons (Fsp3) is 0. The standard InChI is InChI=1S/C6H6NO/c8-7-5-6-3-1-2-4-6/h1-5,8H/b7-5+. The summed E-state index contributed by atoms with van der Waals surface area (Å²) < 4.78 is 0. The molecule has 0 saturated heterocycles. The van der Waals surface area contributed by atoms with E-state index in [4.69, 9.17) is 5.21 Å². The first kappa shape index (κ1) is 5.60. The fourth-order valence-electron chi connectivity index (χ4n) is 0.542. The second-order valence-electron chi connectivity index (χ2n) is 1.46. The molecule has 41 valence electrons. The highest BCUT2D eigenvalue weighted by Crippen LogP contribution is 2.20. The first-order valence-electron chi connectivity index (χ1n) is 2.32. The predicted octanol–water partition coefficient (Wildman–Crippen LogP) is 0.852. The average Bonchev–Trinajstić information content (AvgIpc) is 2.19. The Labute approximate surface area is 49.2 Å². The van der Waals surface area contributed by atoms with E-state index in [1.807, 2.05) is 25.7 Å². The molecule has 0 amide bonds. The summed E-state index contributed by atoms with van der Waals surface area (Å²) in [6.07, 6.45) is 8.88. The molecule has 1 N–H and O–H groups in total. The van der Waals surface area contributed by atoms with Crippen molar-refractivity contribution in [3.8, 4) is 0 Å². The SMILES string of the molecule is O/N=C/[C]1[CH][CH][CH][CH]1. The minimum Gasteiger partial charge on any atom is -0.411 e. The van der Waals surface area contributed by atoms with E-state index in [1.54, 1.807) is 0 Å². The summed E-state index contributed by atoms with van der Waals surface area (Å²) in [6.45, 7) is 0. The van der Waals surface area contributed by atoms with Crippen LogP contribution in [0.5, 0.6) is 0 Å². The van der Waals surface area contributed by atoms with Gasteiger partial charge in [0.1, 0.15) is 0 Å². The third-order valence-electron chi connectivity index (χ3n) is 0.895. The van der Waals surface area contributed by atoms with E-state index in [0.717, 1.165) is 5.92 Å². The summed E-state index contributed by atoms with van der Waals surface area (Å²) in [5, 5.41) is 10.9. The van der Waals surface area contributed by atoms with E-state index in [2.05, 4.69) is 5.16 Å². The molecular weight excluding hydrogens is 102 g/mol. The molecule has 0 aromatic rings. The van der Waals surface area contributed by atoms with Gasteiger partial charge in [-0.25, -0.2) is 0 Å². The van der Waals surface area contributed by atoms with Crippen LogP contribution in [0, 0.1) is 31.6 Å². The van der Waals surface area contributed by atoms with Crippen LogP contribution in [0.3, 0.4) is 0 Å². The largest absolute Gasteiger partial charge is 0.411 e. The third-order valence-corrected chi connectivity index (χ3v) is 0.895. The van der Waals surface area contributed by atoms with E-state index in [0.29, 0.717) is 0 Å². The highest BCUT2D eigenvalue weighted by atomic mass is 16.4. The van der Waals surface area contributed by atoms with Crippen LogP contribution >= 0.6 is 0 Å². The van der Waals surface area contributed by atoms with Crippen LogP contribution in [-0.2, 0) is 0 Å². The van der Waals surface area contributed by atoms with Gasteiger partial charge < -0.3 is 5.21 Å². The van der Waals surface area contributed by atoms with E-state index < -0.39 is 0 Å². The zero-order valence-electron chi connectivity index (χ0n) is 4.28. The van der Waals surface area contributed by atoms with Crippen molar-refractivity contribution in [3.05, 3.63) is 31.6 Å². The number of hydrogen-bond acceptors (Lipinski definition) is 2. The predicted molar refractivity (Wildman–Crippen MR) is 30.7 cm³/mol. The number of oxime groups is 1. The lowest BCUT2D eigenvalue weighted by Crippen LogP contribution is -1.90. The summed E-state index contributed by atoms with van der Waals surface area (Å²) in [5.74, 6) is 0.924. The van der Waals surface area contributed by atoms with Crippen LogP contribution in [0.2, 0.25) is 0 Å². The minimum absolute atomic E-state index is 0.924. The van der Waals surface area contributed by atoms with Crippen LogP contribution in [0.15, 0.2) is 5.16 Å². The van der Waals surface area contributed by atoms with Crippen LogP contribution in [0.1, 0.15) is 0 Å². The van der Waals surface area contributed by atoms with E-state index in [9.17, 15) is 0 Å². The quantitative estimate of drug-likeness (QED) is 0.301. The average molecular weight is 108 g/mol. The lowest BCUT2D eigenvalue weighted by atomic mass is 10.1. The summed E-state index contributed by atoms with van der Waals surface area (Å²) in [6, 6.07) is 0. The Morgan fingerprint density at radius 2 is 2.00 bits per heavy atom. The highest BCUT2D eigenvalue weighted by Gasteiger charge is 2.13. The summed E-state index contributed by atoms with van der Waals surface area (Å²) in [7, 11) is 0. The normalized spacial score (nSPS) is 23.0. The molecule has 0 unspecified atom stereocenters. The first-order valence-corrected chi connectivity index (χ1v) is 2.32. The lowest BCUT2D eigenvalue weighted by molar-refractivity contribution is 0.321. The Morgan fingerprint density at radius 1 is 1.38 bits per heavy atom. The molecule has 1 aliphatic carbocycles. The molecule has 1 aliphatic rings. The van der Waals surface area contributed by atoms with Gasteiger partial charge in [0.25, 0.3) is 0 Å². The molecular formula is C6H6NO. The lowest BCUT2D eigenvalue weighted by Gasteiger charge is -1.92. The summed E-state index contributed by atoms with van der Waals surface area (Å²) in [4.78, 5) is 0. The smallest absolute Gasteiger partial charge is 0.0513 e. The summed E-state index contributed by atoms with van der Waals surface area (Å²) in [5.41, 5.74) is 0. The van der Waals surface area contributed by atoms with Crippen LogP contribution < -0.4 is 0 Å². The van der Waals surface area contributed by atoms with E-state index in [1.165, 1.54) is 6.21 Å². The Hall–Kier alpha value is -0.530. The zero-order valence-corrected chi connectivity index (χ0v) is 4.28. The van der Waals surface area contributed by atoms with Crippen LogP contribution in [0.25, 0.3) is 0 Å². The maximum atomic E-state index is 8.01. The van der Waals surface area contributed by atoms with Gasteiger partial charge in [0.2, 0.25) is 0 Å². The van der Waals surface area contributed by atoms with Crippen molar-refractivity contribution in [2.45, 2.75) is 0 Å². The molecule has 0 aliphatic heterocycles. The van der Waals surface area contributed by atoms with Gasteiger partial charge in [0.05, 0.1) is 6.21 Å². The summed E-state index contributed by atoms with van der Waals surface area (Å²) >= 11 is 0. The number of hydrogen-bond donors (Lipinski definition) is 1. The zero-order chi connectivity index (χ0) is 5.82. The molecule has 0 aromatic carbocycles. The van der Waals surface area contributed by atoms with Gasteiger partial charge in [-0.2, -0.15) is 0 Å². The molecule has 0 heterocycles. The fourth-order valence-corrected chi connectivity index (χ4v) is 0.542. The van der Waals surface area contributed by atoms with Crippen molar-refractivity contribution in [3.63, 3.8) is 0 Å². The van der Waals surface area contributed by atoms with Crippen molar-refractivity contribution in [1.82, 2.24) is 0 Å². The molecule has 0 spiro atoms. The van der Waals surface area contributed by atoms with Gasteiger partial charge in [-0.1, -0.05) is 0 Å². The second kappa shape index (κ2) is 2.70. The minimum atomic E-state index is 0.924. The maximum Gasteiger partial charge on any atom is 0.0513 e. The van der Waals surface area contributed by atoms with Gasteiger partial charge in [-0.05, 0) is 25.7 Å². The number of nitrogens with zero attached hydrogens (tertiary/aromatic N) is 1. The molecule has 0 bridgehead atoms. The van der Waals surface area contributed by atoms with Gasteiger partial charge in [0.15, 0.2) is 0 Å². The van der Waals surface area contributed by atoms with Gasteiger partial charge in [-0.3, -0.25) is 0 Å². The Kier molecular flexibility index (Phi) is 1.89. The molecule has 2 nitrogen and oxygen atoms in total. The van der Waals surface area contributed by atoms with E-state index in [-0.39, 0.29) is 0 Å². The molecule has 5 radical (unpaired) electrons. The van der Waals surface area contributed by atoms with Crippen molar-refractivity contribution >= 4 is 6.21 Å². The van der Waals surface area contributed by atoms with Crippen molar-refractivity contribution in [1.29, 1.82) is 0 Å². The first-order chi connectivity index (χ1) is 3.93. The van der Waals surface area contributed by atoms with Crippen molar-refractivity contribution in [2.75, 3.05) is 0 Å². The molecule has 1 fully saturated rings. The Bertz CT molecular complexity index is 84.5. The van der Waals surface area contributed by atoms with Crippen LogP contribution in [0.4, 0.5) is 0 Å². The van der Waals surface area contributed by atoms with Gasteiger partial charge >= 0.3 is 0 Å². The molecule has 2 heteroatoms. The van der Waals surface area contributed by atoms with Crippen LogP contribution in [-0.4, -0.2) is 11.4 Å². The van der Waals surface area contributed by atoms with E-state index >= 15 is 0 Å². The molecule has 1 saturated carbocycles. The monoisotopic (exact) mass is 108 g/mol. The maximum absolute atomic E-state index is 8.01. The van der Waals surface area contributed by atoms with Gasteiger partial charge in [0, 0.05) is 5.92 Å². The van der Waals surface area contributed by atoms with Crippen molar-refractivity contribution in [2.24, 2.45) is 5.16 Å². The van der Waals surface area contributed by atoms with Gasteiger partial charge in [-0.15, -0.1) is 5.16 Å². The Morgan fingerprint density at radius 3 is 2.50 bits per heavy atom. The Balaban J connectivity index is 2.24. The highest BCUT2D eigenvalue weighted by molar-refractivity contribution is 5.82. The molecule has 0 aromatic heterocycles. The van der Waals surface area contributed by atoms with Crippen molar-refractivity contribution < 1.29 is 5.21 Å². The third kappa shape index (κ3) is 1.22. The topological polar surface area (TPSA) is 32.6 Å². The second-order valence-corrected chi connectivity index (χ2v) is 1.46. The molecule has 0 atom stereocenters. The molecule has 1 rings (SSSR count).